The minimum atomic E-state index is -1.06. The summed E-state index contributed by atoms with van der Waals surface area (Å²) in [5, 5.41) is 18.3. The number of likely N-dealkylation sites (tertiary alicyclic amines) is 2. The van der Waals surface area contributed by atoms with Crippen LogP contribution in [0, 0.1) is 5.92 Å². The zero-order valence-corrected chi connectivity index (χ0v) is 29.6. The summed E-state index contributed by atoms with van der Waals surface area (Å²) in [5.74, 6) is 1.10. The number of hydrogen-bond donors (Lipinski definition) is 2. The quantitative estimate of drug-likeness (QED) is 0.246. The Balaban J connectivity index is 0.910. The fourth-order valence-electron chi connectivity index (χ4n) is 7.68. The third-order valence-corrected chi connectivity index (χ3v) is 12.4. The largest absolute Gasteiger partial charge is 0.388 e. The number of carbonyl (C=O) groups excluding carboxylic acids is 1. The SMILES string of the molecule is O=C([C@@H]1CCN(Cc2cnc(-c3ccc(N4CCNCC4)nc3)s2)C[C@H]1c1ccccc1)N1CCC(O)(Cn2cnc3sccc3c2=O)CC1. The van der Waals surface area contributed by atoms with Gasteiger partial charge in [0, 0.05) is 87.0 Å². The molecule has 2 atom stereocenters. The van der Waals surface area contributed by atoms with Gasteiger partial charge in [-0.3, -0.25) is 19.1 Å². The zero-order valence-electron chi connectivity index (χ0n) is 28.0. The summed E-state index contributed by atoms with van der Waals surface area (Å²) < 4.78 is 1.51. The maximum atomic E-state index is 14.2. The van der Waals surface area contributed by atoms with Crippen molar-refractivity contribution in [3.63, 3.8) is 0 Å². The van der Waals surface area contributed by atoms with Crippen LogP contribution < -0.4 is 15.8 Å². The summed E-state index contributed by atoms with van der Waals surface area (Å²) in [5.41, 5.74) is 1.02. The summed E-state index contributed by atoms with van der Waals surface area (Å²) in [7, 11) is 0. The van der Waals surface area contributed by atoms with E-state index in [1.54, 1.807) is 17.4 Å². The van der Waals surface area contributed by atoms with Gasteiger partial charge in [0.25, 0.3) is 5.56 Å². The number of piperidine rings is 2. The molecule has 11 nitrogen and oxygen atoms in total. The fourth-order valence-corrected chi connectivity index (χ4v) is 9.35. The van der Waals surface area contributed by atoms with Gasteiger partial charge in [-0.2, -0.15) is 0 Å². The molecule has 0 saturated carbocycles. The molecule has 1 amide bonds. The lowest BCUT2D eigenvalue weighted by atomic mass is 9.79. The molecule has 7 heterocycles. The summed E-state index contributed by atoms with van der Waals surface area (Å²) in [6.45, 7) is 7.41. The monoisotopic (exact) mass is 710 g/mol. The minimum Gasteiger partial charge on any atom is -0.388 e. The molecule has 4 aromatic heterocycles. The molecular formula is C37H42N8O3S2. The molecule has 8 rings (SSSR count). The molecule has 3 aliphatic rings. The van der Waals surface area contributed by atoms with E-state index in [1.165, 1.54) is 32.7 Å². The smallest absolute Gasteiger partial charge is 0.262 e. The number of carbonyl (C=O) groups is 1. The lowest BCUT2D eigenvalue weighted by molar-refractivity contribution is -0.142. The van der Waals surface area contributed by atoms with Crippen LogP contribution in [0.5, 0.6) is 0 Å². The molecule has 0 unspecified atom stereocenters. The molecule has 50 heavy (non-hydrogen) atoms. The van der Waals surface area contributed by atoms with Crippen LogP contribution in [0.25, 0.3) is 20.8 Å². The van der Waals surface area contributed by atoms with Crippen molar-refractivity contribution >= 4 is 44.6 Å². The number of anilines is 1. The Morgan fingerprint density at radius 3 is 2.56 bits per heavy atom. The highest BCUT2D eigenvalue weighted by atomic mass is 32.1. The van der Waals surface area contributed by atoms with Gasteiger partial charge in [0.15, 0.2) is 0 Å². The predicted molar refractivity (Wildman–Crippen MR) is 198 cm³/mol. The lowest BCUT2D eigenvalue weighted by Gasteiger charge is -2.43. The van der Waals surface area contributed by atoms with Gasteiger partial charge in [-0.05, 0) is 54.9 Å². The van der Waals surface area contributed by atoms with E-state index < -0.39 is 5.60 Å². The van der Waals surface area contributed by atoms with Crippen molar-refractivity contribution in [3.05, 3.63) is 93.4 Å². The normalized spacial score (nSPS) is 21.5. The topological polar surface area (TPSA) is 120 Å². The maximum absolute atomic E-state index is 14.2. The first-order valence-corrected chi connectivity index (χ1v) is 19.2. The van der Waals surface area contributed by atoms with Crippen LogP contribution in [0.2, 0.25) is 0 Å². The van der Waals surface area contributed by atoms with Crippen molar-refractivity contribution in [2.24, 2.45) is 5.92 Å². The number of thiazole rings is 1. The van der Waals surface area contributed by atoms with Gasteiger partial charge in [0.2, 0.25) is 5.91 Å². The van der Waals surface area contributed by atoms with Gasteiger partial charge < -0.3 is 20.2 Å². The second-order valence-corrected chi connectivity index (χ2v) is 15.8. The fraction of sp³-hybridized carbons (Fsp3) is 0.432. The van der Waals surface area contributed by atoms with Crippen molar-refractivity contribution in [2.75, 3.05) is 57.3 Å². The molecular weight excluding hydrogens is 669 g/mol. The number of piperazine rings is 1. The minimum absolute atomic E-state index is 0.0642. The Bertz CT molecular complexity index is 1980. The highest BCUT2D eigenvalue weighted by Gasteiger charge is 2.41. The molecule has 2 N–H and O–H groups in total. The Morgan fingerprint density at radius 2 is 1.78 bits per heavy atom. The first-order valence-electron chi connectivity index (χ1n) is 17.5. The number of aliphatic hydroxyl groups is 1. The number of nitrogens with zero attached hydrogens (tertiary/aromatic N) is 7. The van der Waals surface area contributed by atoms with Crippen LogP contribution in [0.1, 0.15) is 35.6 Å². The maximum Gasteiger partial charge on any atom is 0.262 e. The van der Waals surface area contributed by atoms with E-state index >= 15 is 0 Å². The third kappa shape index (κ3) is 6.97. The van der Waals surface area contributed by atoms with Gasteiger partial charge in [0.1, 0.15) is 15.7 Å². The van der Waals surface area contributed by atoms with E-state index in [2.05, 4.69) is 56.5 Å². The number of amides is 1. The Kier molecular flexibility index (Phi) is 9.49. The molecule has 0 spiro atoms. The number of rotatable bonds is 8. The highest BCUT2D eigenvalue weighted by Crippen LogP contribution is 2.37. The molecule has 0 bridgehead atoms. The van der Waals surface area contributed by atoms with Crippen molar-refractivity contribution in [1.82, 2.24) is 34.6 Å². The van der Waals surface area contributed by atoms with Crippen molar-refractivity contribution in [1.29, 1.82) is 0 Å². The van der Waals surface area contributed by atoms with Crippen LogP contribution in [0.3, 0.4) is 0 Å². The van der Waals surface area contributed by atoms with E-state index in [1.807, 2.05) is 28.7 Å². The van der Waals surface area contributed by atoms with E-state index in [-0.39, 0.29) is 29.8 Å². The predicted octanol–water partition coefficient (Wildman–Crippen LogP) is 4.05. The number of benzene rings is 1. The number of fused-ring (bicyclic) bond motifs is 1. The zero-order chi connectivity index (χ0) is 34.1. The Morgan fingerprint density at radius 1 is 0.960 bits per heavy atom. The van der Waals surface area contributed by atoms with E-state index in [0.717, 1.165) is 68.6 Å². The van der Waals surface area contributed by atoms with E-state index in [0.29, 0.717) is 36.1 Å². The number of nitrogens with one attached hydrogen (secondary N) is 1. The van der Waals surface area contributed by atoms with E-state index in [9.17, 15) is 14.7 Å². The Hall–Kier alpha value is -4.01. The second kappa shape index (κ2) is 14.3. The Labute approximate surface area is 299 Å². The lowest BCUT2D eigenvalue weighted by Crippen LogP contribution is -2.53. The molecule has 3 fully saturated rings. The summed E-state index contributed by atoms with van der Waals surface area (Å²) >= 11 is 3.14. The van der Waals surface area contributed by atoms with Crippen LogP contribution in [0.15, 0.2) is 77.4 Å². The van der Waals surface area contributed by atoms with Crippen LogP contribution >= 0.6 is 22.7 Å². The summed E-state index contributed by atoms with van der Waals surface area (Å²) in [4.78, 5) is 49.6. The second-order valence-electron chi connectivity index (χ2n) is 13.8. The van der Waals surface area contributed by atoms with Crippen molar-refractivity contribution in [3.8, 4) is 10.6 Å². The van der Waals surface area contributed by atoms with Crippen LogP contribution in [-0.4, -0.2) is 98.3 Å². The number of thiophene rings is 1. The van der Waals surface area contributed by atoms with Crippen LogP contribution in [0.4, 0.5) is 5.82 Å². The molecule has 0 radical (unpaired) electrons. The summed E-state index contributed by atoms with van der Waals surface area (Å²) in [6.07, 6.45) is 7.06. The van der Waals surface area contributed by atoms with Gasteiger partial charge in [-0.1, -0.05) is 30.3 Å². The number of hydrogen-bond acceptors (Lipinski definition) is 11. The highest BCUT2D eigenvalue weighted by molar-refractivity contribution is 7.16. The summed E-state index contributed by atoms with van der Waals surface area (Å²) in [6, 6.07) is 16.4. The standard InChI is InChI=1S/C37H42N8O3S2/c46-35(44-15-10-37(48,11-16-44)24-45-25-41-34-30(36(45)47)9-19-49-34)29-8-14-42(23-31(29)26-4-2-1-3-5-26)22-28-21-40-33(50-28)27-6-7-32(39-20-27)43-17-12-38-13-18-43/h1-7,9,19-21,25,29,31,38,48H,8,10-18,22-24H2/t29-,31+/m1/s1. The first-order chi connectivity index (χ1) is 24.4. The third-order valence-electron chi connectivity index (χ3n) is 10.5. The molecule has 260 valence electrons. The van der Waals surface area contributed by atoms with Crippen LogP contribution in [-0.2, 0) is 17.9 Å². The molecule has 3 saturated heterocycles. The molecule has 3 aliphatic heterocycles. The average molecular weight is 711 g/mol. The average Bonchev–Trinajstić information content (AvgIpc) is 3.84. The van der Waals surface area contributed by atoms with Crippen molar-refractivity contribution < 1.29 is 9.90 Å². The van der Waals surface area contributed by atoms with Gasteiger partial charge in [-0.15, -0.1) is 22.7 Å². The molecule has 5 aromatic rings. The molecule has 1 aromatic carbocycles. The molecule has 0 aliphatic carbocycles. The van der Waals surface area contributed by atoms with Gasteiger partial charge >= 0.3 is 0 Å². The van der Waals surface area contributed by atoms with Gasteiger partial charge in [-0.25, -0.2) is 15.0 Å². The van der Waals surface area contributed by atoms with Crippen molar-refractivity contribution in [2.45, 2.75) is 43.9 Å². The van der Waals surface area contributed by atoms with E-state index in [4.69, 9.17) is 9.97 Å². The number of pyridine rings is 1. The number of aromatic nitrogens is 4. The van der Waals surface area contributed by atoms with Gasteiger partial charge in [0.05, 0.1) is 23.9 Å². The first kappa shape index (κ1) is 33.2. The molecule has 13 heteroatoms.